The molecule has 2 aliphatic heterocycles. The normalized spacial score (nSPS) is 19.2. The van der Waals surface area contributed by atoms with Gasteiger partial charge in [0.05, 0.1) is 6.04 Å². The molecule has 0 spiro atoms. The number of benzene rings is 2. The largest absolute Gasteiger partial charge is 0.333 e. The Morgan fingerprint density at radius 2 is 1.85 bits per heavy atom. The van der Waals surface area contributed by atoms with E-state index in [1.54, 1.807) is 4.90 Å². The Labute approximate surface area is 160 Å². The highest BCUT2D eigenvalue weighted by Gasteiger charge is 2.33. The lowest BCUT2D eigenvalue weighted by molar-refractivity contribution is -0.117. The zero-order valence-corrected chi connectivity index (χ0v) is 15.9. The van der Waals surface area contributed by atoms with Gasteiger partial charge >= 0.3 is 6.03 Å². The molecule has 5 nitrogen and oxygen atoms in total. The zero-order chi connectivity index (χ0) is 19.0. The van der Waals surface area contributed by atoms with Crippen molar-refractivity contribution in [1.29, 1.82) is 0 Å². The number of fused-ring (bicyclic) bond motifs is 1. The van der Waals surface area contributed by atoms with Crippen LogP contribution in [0, 0.1) is 13.8 Å². The van der Waals surface area contributed by atoms with E-state index in [1.807, 2.05) is 42.2 Å². The Morgan fingerprint density at radius 3 is 2.63 bits per heavy atom. The molecule has 1 unspecified atom stereocenters. The lowest BCUT2D eigenvalue weighted by Crippen LogP contribution is -2.47. The smallest absolute Gasteiger partial charge is 0.318 e. The third-order valence-corrected chi connectivity index (χ3v) is 5.67. The molecule has 1 atom stereocenters. The summed E-state index contributed by atoms with van der Waals surface area (Å²) in [6, 6.07) is 14.1. The SMILES string of the molecule is Cc1ccc(N2CC(NC(=O)N3CCc4ccccc4C3)CC2=O)cc1C. The second kappa shape index (κ2) is 7.06. The molecule has 3 amide bonds. The molecule has 0 bridgehead atoms. The number of nitrogens with one attached hydrogen (secondary N) is 1. The monoisotopic (exact) mass is 363 g/mol. The first-order valence-corrected chi connectivity index (χ1v) is 9.51. The molecule has 0 radical (unpaired) electrons. The van der Waals surface area contributed by atoms with Crippen molar-refractivity contribution in [3.8, 4) is 0 Å². The fourth-order valence-electron chi connectivity index (χ4n) is 3.88. The maximum Gasteiger partial charge on any atom is 0.318 e. The number of carbonyl (C=O) groups excluding carboxylic acids is 2. The summed E-state index contributed by atoms with van der Waals surface area (Å²) in [5, 5.41) is 3.06. The molecular weight excluding hydrogens is 338 g/mol. The van der Waals surface area contributed by atoms with E-state index in [9.17, 15) is 9.59 Å². The number of rotatable bonds is 2. The van der Waals surface area contributed by atoms with Crippen LogP contribution in [-0.2, 0) is 17.8 Å². The Kier molecular flexibility index (Phi) is 4.60. The third kappa shape index (κ3) is 3.54. The van der Waals surface area contributed by atoms with Gasteiger partial charge in [0.2, 0.25) is 5.91 Å². The van der Waals surface area contributed by atoms with E-state index in [1.165, 1.54) is 22.3 Å². The van der Waals surface area contributed by atoms with Crippen LogP contribution in [-0.4, -0.2) is 36.0 Å². The van der Waals surface area contributed by atoms with Crippen LogP contribution in [0.25, 0.3) is 0 Å². The van der Waals surface area contributed by atoms with Crippen LogP contribution >= 0.6 is 0 Å². The minimum Gasteiger partial charge on any atom is -0.333 e. The molecule has 27 heavy (non-hydrogen) atoms. The minimum absolute atomic E-state index is 0.0625. The standard InChI is InChI=1S/C22H25N3O2/c1-15-7-8-20(11-16(15)2)25-14-19(12-21(25)26)23-22(27)24-10-9-17-5-3-4-6-18(17)13-24/h3-8,11,19H,9-10,12-14H2,1-2H3,(H,23,27). The van der Waals surface area contributed by atoms with Gasteiger partial charge in [0.15, 0.2) is 0 Å². The fourth-order valence-corrected chi connectivity index (χ4v) is 3.88. The van der Waals surface area contributed by atoms with Crippen LogP contribution in [0.15, 0.2) is 42.5 Å². The van der Waals surface area contributed by atoms with Gasteiger partial charge in [0.1, 0.15) is 0 Å². The van der Waals surface area contributed by atoms with Crippen LogP contribution in [0.5, 0.6) is 0 Å². The number of urea groups is 1. The quantitative estimate of drug-likeness (QED) is 0.891. The third-order valence-electron chi connectivity index (χ3n) is 5.67. The van der Waals surface area contributed by atoms with E-state index in [0.29, 0.717) is 26.1 Å². The average Bonchev–Trinajstić information content (AvgIpc) is 3.03. The van der Waals surface area contributed by atoms with Gasteiger partial charge < -0.3 is 15.1 Å². The van der Waals surface area contributed by atoms with Gasteiger partial charge in [-0.2, -0.15) is 0 Å². The van der Waals surface area contributed by atoms with E-state index >= 15 is 0 Å². The molecule has 1 fully saturated rings. The van der Waals surface area contributed by atoms with Crippen molar-refractivity contribution in [3.05, 3.63) is 64.7 Å². The summed E-state index contributed by atoms with van der Waals surface area (Å²) in [7, 11) is 0. The molecule has 1 N–H and O–H groups in total. The lowest BCUT2D eigenvalue weighted by atomic mass is 10.0. The summed E-state index contributed by atoms with van der Waals surface area (Å²) in [5.41, 5.74) is 5.81. The number of hydrogen-bond acceptors (Lipinski definition) is 2. The maximum atomic E-state index is 12.7. The number of aryl methyl sites for hydroxylation is 2. The van der Waals surface area contributed by atoms with Crippen LogP contribution < -0.4 is 10.2 Å². The van der Waals surface area contributed by atoms with Crippen LogP contribution in [0.2, 0.25) is 0 Å². The van der Waals surface area contributed by atoms with E-state index in [-0.39, 0.29) is 18.0 Å². The van der Waals surface area contributed by atoms with Gasteiger partial charge in [0.25, 0.3) is 0 Å². The van der Waals surface area contributed by atoms with E-state index in [2.05, 4.69) is 24.4 Å². The number of amides is 3. The summed E-state index contributed by atoms with van der Waals surface area (Å²) in [4.78, 5) is 28.8. The molecule has 5 heteroatoms. The minimum atomic E-state index is -0.149. The van der Waals surface area contributed by atoms with Gasteiger partial charge in [-0.05, 0) is 54.7 Å². The van der Waals surface area contributed by atoms with Crippen LogP contribution in [0.4, 0.5) is 10.5 Å². The summed E-state index contributed by atoms with van der Waals surface area (Å²) in [5.74, 6) is 0.0625. The van der Waals surface area contributed by atoms with Crippen LogP contribution in [0.3, 0.4) is 0 Å². The Morgan fingerprint density at radius 1 is 1.07 bits per heavy atom. The van der Waals surface area contributed by atoms with Gasteiger partial charge in [0, 0.05) is 31.7 Å². The van der Waals surface area contributed by atoms with Gasteiger partial charge in [-0.25, -0.2) is 4.79 Å². The molecule has 2 aliphatic rings. The molecule has 2 aromatic rings. The number of hydrogen-bond donors (Lipinski definition) is 1. The van der Waals surface area contributed by atoms with Gasteiger partial charge in [-0.3, -0.25) is 4.79 Å². The second-order valence-corrected chi connectivity index (χ2v) is 7.56. The van der Waals surface area contributed by atoms with Gasteiger partial charge in [-0.1, -0.05) is 30.3 Å². The Bertz CT molecular complexity index is 893. The zero-order valence-electron chi connectivity index (χ0n) is 15.9. The molecule has 1 saturated heterocycles. The fraction of sp³-hybridized carbons (Fsp3) is 0.364. The second-order valence-electron chi connectivity index (χ2n) is 7.56. The highest BCUT2D eigenvalue weighted by molar-refractivity contribution is 5.97. The van der Waals surface area contributed by atoms with Gasteiger partial charge in [-0.15, -0.1) is 0 Å². The predicted molar refractivity (Wildman–Crippen MR) is 106 cm³/mol. The summed E-state index contributed by atoms with van der Waals surface area (Å²) >= 11 is 0. The van der Waals surface area contributed by atoms with Crippen LogP contribution in [0.1, 0.15) is 28.7 Å². The maximum absolute atomic E-state index is 12.7. The number of nitrogens with zero attached hydrogens (tertiary/aromatic N) is 2. The molecule has 0 saturated carbocycles. The molecule has 2 heterocycles. The van der Waals surface area contributed by atoms with Crippen molar-refractivity contribution in [1.82, 2.24) is 10.2 Å². The number of carbonyl (C=O) groups is 2. The Hall–Kier alpha value is -2.82. The topological polar surface area (TPSA) is 52.7 Å². The summed E-state index contributed by atoms with van der Waals surface area (Å²) in [6.07, 6.45) is 1.23. The molecule has 2 aromatic carbocycles. The highest BCUT2D eigenvalue weighted by atomic mass is 16.2. The first kappa shape index (κ1) is 17.6. The average molecular weight is 363 g/mol. The van der Waals surface area contributed by atoms with Crippen molar-refractivity contribution in [3.63, 3.8) is 0 Å². The molecule has 4 rings (SSSR count). The Balaban J connectivity index is 1.40. The highest BCUT2D eigenvalue weighted by Crippen LogP contribution is 2.24. The van der Waals surface area contributed by atoms with Crippen molar-refractivity contribution in [2.45, 2.75) is 39.3 Å². The first-order valence-electron chi connectivity index (χ1n) is 9.51. The summed E-state index contributed by atoms with van der Waals surface area (Å²) < 4.78 is 0. The first-order chi connectivity index (χ1) is 13.0. The molecule has 140 valence electrons. The molecular formula is C22H25N3O2. The molecule has 0 aromatic heterocycles. The number of anilines is 1. The lowest BCUT2D eigenvalue weighted by Gasteiger charge is -2.30. The van der Waals surface area contributed by atoms with Crippen molar-refractivity contribution < 1.29 is 9.59 Å². The van der Waals surface area contributed by atoms with Crippen molar-refractivity contribution in [2.75, 3.05) is 18.0 Å². The summed E-state index contributed by atoms with van der Waals surface area (Å²) in [6.45, 7) is 5.98. The van der Waals surface area contributed by atoms with Crippen molar-refractivity contribution >= 4 is 17.6 Å². The predicted octanol–water partition coefficient (Wildman–Crippen LogP) is 3.18. The van der Waals surface area contributed by atoms with E-state index < -0.39 is 0 Å². The molecule has 0 aliphatic carbocycles. The van der Waals surface area contributed by atoms with E-state index in [4.69, 9.17) is 0 Å². The van der Waals surface area contributed by atoms with Crippen molar-refractivity contribution in [2.24, 2.45) is 0 Å². The van der Waals surface area contributed by atoms with E-state index in [0.717, 1.165) is 12.1 Å².